The van der Waals surface area contributed by atoms with Crippen LogP contribution >= 0.6 is 0 Å². The van der Waals surface area contributed by atoms with E-state index in [-0.39, 0.29) is 11.8 Å². The van der Waals surface area contributed by atoms with Gasteiger partial charge in [0.05, 0.1) is 47.2 Å². The maximum Gasteiger partial charge on any atom is 0.242 e. The largest absolute Gasteiger partial charge is 0.502 e. The van der Waals surface area contributed by atoms with Crippen molar-refractivity contribution < 1.29 is 24.1 Å². The van der Waals surface area contributed by atoms with Crippen LogP contribution in [0.4, 0.5) is 5.69 Å². The van der Waals surface area contributed by atoms with Crippen molar-refractivity contribution in [1.29, 1.82) is 0 Å². The molecule has 2 aliphatic rings. The van der Waals surface area contributed by atoms with Crippen LogP contribution in [0.3, 0.4) is 0 Å². The van der Waals surface area contributed by atoms with Crippen LogP contribution in [0.25, 0.3) is 11.1 Å². The Morgan fingerprint density at radius 3 is 2.26 bits per heavy atom. The number of ether oxygens (including phenoxy) is 4. The molecule has 1 heterocycles. The molecule has 0 saturated carbocycles. The summed E-state index contributed by atoms with van der Waals surface area (Å²) in [7, 11) is 8.59. The molecule has 0 aromatic heterocycles. The van der Waals surface area contributed by atoms with Gasteiger partial charge in [0.2, 0.25) is 11.1 Å². The zero-order chi connectivity index (χ0) is 27.5. The highest BCUT2D eigenvalue weighted by Gasteiger charge is 2.29. The summed E-state index contributed by atoms with van der Waals surface area (Å²) in [4.78, 5) is 2.34. The van der Waals surface area contributed by atoms with E-state index in [9.17, 15) is 5.11 Å². The third kappa shape index (κ3) is 4.85. The maximum absolute atomic E-state index is 11.4. The first-order valence-corrected chi connectivity index (χ1v) is 13.4. The molecule has 1 fully saturated rings. The van der Waals surface area contributed by atoms with Gasteiger partial charge < -0.3 is 34.3 Å². The van der Waals surface area contributed by atoms with Crippen molar-refractivity contribution in [2.45, 2.75) is 18.9 Å². The van der Waals surface area contributed by atoms with Crippen molar-refractivity contribution in [3.05, 3.63) is 65.0 Å². The summed E-state index contributed by atoms with van der Waals surface area (Å²) < 4.78 is 25.1. The Kier molecular flexibility index (Phi) is 7.84. The topological polar surface area (TPSA) is 75.4 Å². The Morgan fingerprint density at radius 2 is 1.59 bits per heavy atom. The van der Waals surface area contributed by atoms with Crippen LogP contribution in [-0.4, -0.2) is 66.8 Å². The molecule has 3 aromatic carbocycles. The second-order valence-corrected chi connectivity index (χ2v) is 9.82. The number of para-hydroxylation sites is 2. The Hall–Kier alpha value is -3.91. The molecule has 3 aromatic rings. The first kappa shape index (κ1) is 26.7. The van der Waals surface area contributed by atoms with E-state index in [2.05, 4.69) is 26.9 Å². The zero-order valence-electron chi connectivity index (χ0n) is 23.4. The fourth-order valence-corrected chi connectivity index (χ4v) is 5.96. The van der Waals surface area contributed by atoms with E-state index >= 15 is 0 Å². The summed E-state index contributed by atoms with van der Waals surface area (Å²) in [6, 6.07) is 16.3. The SMILES string of the molecule is CN[C@H]1CCc2cc(OC)c(OC)c(OC)c2-c2ccc(=[N+]3CCN(c4ccccc4OC)CC3)c(O)cc21. The van der Waals surface area contributed by atoms with Gasteiger partial charge in [-0.05, 0) is 66.9 Å². The molecule has 8 heteroatoms. The molecular weight excluding hydrogens is 494 g/mol. The van der Waals surface area contributed by atoms with Gasteiger partial charge in [-0.25, -0.2) is 4.58 Å². The fourth-order valence-electron chi connectivity index (χ4n) is 5.96. The zero-order valence-corrected chi connectivity index (χ0v) is 23.4. The average molecular weight is 533 g/mol. The molecule has 1 aliphatic heterocycles. The lowest BCUT2D eigenvalue weighted by Gasteiger charge is -2.28. The van der Waals surface area contributed by atoms with Crippen molar-refractivity contribution >= 4 is 5.69 Å². The van der Waals surface area contributed by atoms with Gasteiger partial charge in [0.15, 0.2) is 30.3 Å². The third-order valence-corrected chi connectivity index (χ3v) is 7.93. The van der Waals surface area contributed by atoms with Crippen LogP contribution in [0.2, 0.25) is 0 Å². The van der Waals surface area contributed by atoms with Crippen LogP contribution in [0, 0.1) is 0 Å². The first-order valence-electron chi connectivity index (χ1n) is 13.4. The Labute approximate surface area is 230 Å². The Bertz CT molecular complexity index is 1430. The lowest BCUT2D eigenvalue weighted by Crippen LogP contribution is -2.48. The van der Waals surface area contributed by atoms with Crippen LogP contribution in [0.1, 0.15) is 23.6 Å². The molecule has 0 bridgehead atoms. The minimum atomic E-state index is 0.0580. The molecule has 8 nitrogen and oxygen atoms in total. The summed E-state index contributed by atoms with van der Waals surface area (Å²) in [5.74, 6) is 3.00. The molecule has 0 spiro atoms. The van der Waals surface area contributed by atoms with Crippen LogP contribution < -0.4 is 39.1 Å². The standard InChI is InChI=1S/C31H37N3O5/c1-32-23-12-10-20-18-28(37-3)30(38-4)31(39-5)29(20)21-11-13-24(26(35)19-22(21)23)33-14-16-34(17-15-33)25-8-6-7-9-27(25)36-2/h6-9,11,13,18-19,23,32H,10,12,14-17H2,1-5H3/p+1/t23-/m0/s1. The molecule has 39 heavy (non-hydrogen) atoms. The highest BCUT2D eigenvalue weighted by molar-refractivity contribution is 5.82. The Morgan fingerprint density at radius 1 is 0.872 bits per heavy atom. The number of fused-ring (bicyclic) bond motifs is 3. The van der Waals surface area contributed by atoms with Crippen LogP contribution in [-0.2, 0) is 6.42 Å². The number of benzene rings is 2. The van der Waals surface area contributed by atoms with Gasteiger partial charge >= 0.3 is 0 Å². The average Bonchev–Trinajstić information content (AvgIpc) is 3.23. The highest BCUT2D eigenvalue weighted by atomic mass is 16.5. The number of nitrogens with one attached hydrogen (secondary N) is 1. The lowest BCUT2D eigenvalue weighted by molar-refractivity contribution is 0.324. The normalized spacial score (nSPS) is 16.6. The number of anilines is 1. The van der Waals surface area contributed by atoms with E-state index in [4.69, 9.17) is 18.9 Å². The number of aromatic hydroxyl groups is 1. The van der Waals surface area contributed by atoms with Crippen LogP contribution in [0.15, 0.2) is 48.5 Å². The molecular formula is C31H38N3O5+. The number of piperazine rings is 1. The molecule has 0 amide bonds. The number of nitrogens with zero attached hydrogens (tertiary/aromatic N) is 2. The van der Waals surface area contributed by atoms with Gasteiger partial charge in [-0.15, -0.1) is 0 Å². The minimum absolute atomic E-state index is 0.0580. The van der Waals surface area contributed by atoms with Gasteiger partial charge in [0.1, 0.15) is 5.75 Å². The summed E-state index contributed by atoms with van der Waals surface area (Å²) in [5, 5.41) is 15.7. The molecule has 0 radical (unpaired) electrons. The second kappa shape index (κ2) is 11.5. The monoisotopic (exact) mass is 532 g/mol. The number of hydrogen-bond acceptors (Lipinski definition) is 7. The van der Waals surface area contributed by atoms with Crippen molar-refractivity contribution in [2.24, 2.45) is 0 Å². The number of aryl methyl sites for hydroxylation is 1. The number of methoxy groups -OCH3 is 4. The molecule has 1 saturated heterocycles. The molecule has 1 atom stereocenters. The quantitative estimate of drug-likeness (QED) is 0.470. The van der Waals surface area contributed by atoms with Gasteiger partial charge in [0, 0.05) is 17.7 Å². The molecule has 206 valence electrons. The van der Waals surface area contributed by atoms with Crippen molar-refractivity contribution in [3.8, 4) is 39.9 Å². The van der Waals surface area contributed by atoms with Gasteiger partial charge in [-0.1, -0.05) is 12.1 Å². The van der Waals surface area contributed by atoms with Gasteiger partial charge in [-0.3, -0.25) is 0 Å². The van der Waals surface area contributed by atoms with Crippen LogP contribution in [0.5, 0.6) is 28.7 Å². The van der Waals surface area contributed by atoms with E-state index in [1.54, 1.807) is 28.4 Å². The van der Waals surface area contributed by atoms with E-state index in [1.807, 2.05) is 43.4 Å². The molecule has 2 N–H and O–H groups in total. The van der Waals surface area contributed by atoms with Crippen molar-refractivity contribution in [1.82, 2.24) is 9.89 Å². The van der Waals surface area contributed by atoms with Crippen molar-refractivity contribution in [3.63, 3.8) is 0 Å². The van der Waals surface area contributed by atoms with Gasteiger partial charge in [-0.2, -0.15) is 0 Å². The fraction of sp³-hybridized carbons (Fsp3) is 0.387. The minimum Gasteiger partial charge on any atom is -0.502 e. The maximum atomic E-state index is 11.4. The first-order chi connectivity index (χ1) is 19.0. The van der Waals surface area contributed by atoms with Crippen molar-refractivity contribution in [2.75, 3.05) is 66.6 Å². The number of rotatable bonds is 6. The summed E-state index contributed by atoms with van der Waals surface area (Å²) in [6.07, 6.45) is 1.69. The highest BCUT2D eigenvalue weighted by Crippen LogP contribution is 2.50. The predicted octanol–water partition coefficient (Wildman–Crippen LogP) is 3.59. The molecule has 5 rings (SSSR count). The van der Waals surface area contributed by atoms with E-state index < -0.39 is 0 Å². The summed E-state index contributed by atoms with van der Waals surface area (Å²) >= 11 is 0. The Balaban J connectivity index is 1.63. The van der Waals surface area contributed by atoms with Gasteiger partial charge in [0.25, 0.3) is 0 Å². The lowest BCUT2D eigenvalue weighted by atomic mass is 9.95. The predicted molar refractivity (Wildman–Crippen MR) is 154 cm³/mol. The van der Waals surface area contributed by atoms with E-state index in [0.29, 0.717) is 17.2 Å². The second-order valence-electron chi connectivity index (χ2n) is 9.82. The summed E-state index contributed by atoms with van der Waals surface area (Å²) in [6.45, 7) is 3.21. The molecule has 0 unspecified atom stereocenters. The molecule has 1 aliphatic carbocycles. The van der Waals surface area contributed by atoms with E-state index in [0.717, 1.165) is 78.1 Å². The third-order valence-electron chi connectivity index (χ3n) is 7.93. The number of hydrogen-bond donors (Lipinski definition) is 2. The smallest absolute Gasteiger partial charge is 0.242 e. The van der Waals surface area contributed by atoms with E-state index in [1.165, 1.54) is 0 Å². The summed E-state index contributed by atoms with van der Waals surface area (Å²) in [5.41, 5.74) is 5.23.